The molecule has 0 fully saturated rings. The average Bonchev–Trinajstić information content (AvgIpc) is 3.24. The number of rotatable bonds is 6. The van der Waals surface area contributed by atoms with Crippen LogP contribution in [0.15, 0.2) is 66.7 Å². The number of ether oxygens (including phenoxy) is 1. The first-order valence-corrected chi connectivity index (χ1v) is 12.4. The Labute approximate surface area is 220 Å². The molecule has 0 saturated heterocycles. The summed E-state index contributed by atoms with van der Waals surface area (Å²) in [7, 11) is 1.63. The predicted octanol–water partition coefficient (Wildman–Crippen LogP) is 6.68. The van der Waals surface area contributed by atoms with Gasteiger partial charge in [-0.25, -0.2) is 9.37 Å². The Morgan fingerprint density at radius 3 is 2.43 bits per heavy atom. The molecule has 0 radical (unpaired) electrons. The first-order chi connectivity index (χ1) is 17.7. The molecule has 0 spiro atoms. The maximum absolute atomic E-state index is 13.8. The van der Waals surface area contributed by atoms with Crippen LogP contribution in [0.2, 0.25) is 5.02 Å². The van der Waals surface area contributed by atoms with E-state index < -0.39 is 5.54 Å². The van der Waals surface area contributed by atoms with E-state index in [1.807, 2.05) is 72.7 Å². The summed E-state index contributed by atoms with van der Waals surface area (Å²) < 4.78 is 20.9. The van der Waals surface area contributed by atoms with Crippen LogP contribution in [0.25, 0.3) is 11.3 Å². The Balaban J connectivity index is 1.59. The second kappa shape index (κ2) is 9.56. The number of anilines is 2. The average molecular weight is 519 g/mol. The van der Waals surface area contributed by atoms with E-state index in [1.54, 1.807) is 19.2 Å². The number of imidazole rings is 1. The second-order valence-electron chi connectivity index (χ2n) is 9.72. The lowest BCUT2D eigenvalue weighted by atomic mass is 9.99. The molecule has 0 saturated carbocycles. The van der Waals surface area contributed by atoms with Gasteiger partial charge in [0.05, 0.1) is 13.7 Å². The van der Waals surface area contributed by atoms with Crippen LogP contribution in [0.5, 0.6) is 5.75 Å². The number of amides is 1. The number of halogens is 2. The molecule has 0 aliphatic carbocycles. The number of aryl methyl sites for hydroxylation is 1. The van der Waals surface area contributed by atoms with Crippen LogP contribution in [0.4, 0.5) is 15.9 Å². The maximum atomic E-state index is 13.8. The van der Waals surface area contributed by atoms with Crippen molar-refractivity contribution >= 4 is 29.0 Å². The van der Waals surface area contributed by atoms with Gasteiger partial charge in [-0.3, -0.25) is 9.36 Å². The first kappa shape index (κ1) is 24.8. The van der Waals surface area contributed by atoms with Gasteiger partial charge in [-0.05, 0) is 86.5 Å². The Bertz CT molecular complexity index is 1460. The quantitative estimate of drug-likeness (QED) is 0.309. The van der Waals surface area contributed by atoms with Gasteiger partial charge in [0.2, 0.25) is 5.91 Å². The van der Waals surface area contributed by atoms with E-state index in [0.29, 0.717) is 29.6 Å². The Morgan fingerprint density at radius 1 is 1.08 bits per heavy atom. The topological polar surface area (TPSA) is 59.4 Å². The number of methoxy groups -OCH3 is 1. The summed E-state index contributed by atoms with van der Waals surface area (Å²) in [5, 5.41) is 4.15. The lowest BCUT2D eigenvalue weighted by Crippen LogP contribution is -2.51. The normalized spacial score (nSPS) is 14.4. The predicted molar refractivity (Wildman–Crippen MR) is 144 cm³/mol. The van der Waals surface area contributed by atoms with Crippen molar-refractivity contribution in [1.29, 1.82) is 0 Å². The lowest BCUT2D eigenvalue weighted by Gasteiger charge is -2.39. The maximum Gasteiger partial charge on any atom is 0.249 e. The van der Waals surface area contributed by atoms with Gasteiger partial charge in [0, 0.05) is 22.8 Å². The molecule has 8 heteroatoms. The number of hydrogen-bond donors (Lipinski definition) is 1. The molecule has 4 aromatic rings. The summed E-state index contributed by atoms with van der Waals surface area (Å²) in [5.41, 5.74) is 3.22. The Hall–Kier alpha value is -3.84. The number of hydrogen-bond acceptors (Lipinski definition) is 4. The van der Waals surface area contributed by atoms with Gasteiger partial charge in [0.25, 0.3) is 0 Å². The van der Waals surface area contributed by atoms with E-state index in [9.17, 15) is 9.18 Å². The SMILES string of the molecule is COc1ccc(CN2Cc3nc(-c4ccc(F)cc4)c(Nc4ccc(Cl)c(C)c4)n3C(C)(C)C2=O)cc1. The third-order valence-corrected chi connectivity index (χ3v) is 7.14. The molecule has 0 unspecified atom stereocenters. The molecule has 37 heavy (non-hydrogen) atoms. The molecular weight excluding hydrogens is 491 g/mol. The summed E-state index contributed by atoms with van der Waals surface area (Å²) >= 11 is 6.25. The molecule has 0 bridgehead atoms. The fourth-order valence-corrected chi connectivity index (χ4v) is 4.88. The molecule has 0 atom stereocenters. The van der Waals surface area contributed by atoms with Crippen molar-refractivity contribution in [1.82, 2.24) is 14.5 Å². The van der Waals surface area contributed by atoms with Crippen LogP contribution >= 0.6 is 11.6 Å². The largest absolute Gasteiger partial charge is 0.497 e. The third-order valence-electron chi connectivity index (χ3n) is 6.72. The number of fused-ring (bicyclic) bond motifs is 1. The van der Waals surface area contributed by atoms with Crippen molar-refractivity contribution in [2.45, 2.75) is 39.4 Å². The van der Waals surface area contributed by atoms with Crippen molar-refractivity contribution in [3.05, 3.63) is 94.5 Å². The van der Waals surface area contributed by atoms with Crippen LogP contribution in [0.3, 0.4) is 0 Å². The molecule has 3 aromatic carbocycles. The molecular formula is C29H28ClFN4O2. The van der Waals surface area contributed by atoms with Crippen molar-refractivity contribution in [2.24, 2.45) is 0 Å². The Morgan fingerprint density at radius 2 is 1.78 bits per heavy atom. The zero-order chi connectivity index (χ0) is 26.3. The minimum Gasteiger partial charge on any atom is -0.497 e. The highest BCUT2D eigenvalue weighted by Crippen LogP contribution is 2.40. The van der Waals surface area contributed by atoms with Gasteiger partial charge in [-0.2, -0.15) is 0 Å². The number of aromatic nitrogens is 2. The van der Waals surface area contributed by atoms with Gasteiger partial charge in [0.1, 0.15) is 34.4 Å². The smallest absolute Gasteiger partial charge is 0.249 e. The van der Waals surface area contributed by atoms with Crippen molar-refractivity contribution in [2.75, 3.05) is 12.4 Å². The zero-order valence-electron chi connectivity index (χ0n) is 21.2. The second-order valence-corrected chi connectivity index (χ2v) is 10.1. The molecule has 1 N–H and O–H groups in total. The molecule has 190 valence electrons. The van der Waals surface area contributed by atoms with Crippen molar-refractivity contribution in [3.8, 4) is 17.0 Å². The molecule has 2 heterocycles. The van der Waals surface area contributed by atoms with E-state index in [-0.39, 0.29) is 11.7 Å². The van der Waals surface area contributed by atoms with E-state index in [4.69, 9.17) is 21.3 Å². The minimum absolute atomic E-state index is 0.0192. The lowest BCUT2D eigenvalue weighted by molar-refractivity contribution is -0.143. The summed E-state index contributed by atoms with van der Waals surface area (Å²) in [6, 6.07) is 19.6. The molecule has 5 rings (SSSR count). The molecule has 1 aromatic heterocycles. The summed E-state index contributed by atoms with van der Waals surface area (Å²) in [6.45, 7) is 6.51. The zero-order valence-corrected chi connectivity index (χ0v) is 21.9. The number of nitrogens with zero attached hydrogens (tertiary/aromatic N) is 3. The fourth-order valence-electron chi connectivity index (χ4n) is 4.76. The minimum atomic E-state index is -0.921. The van der Waals surface area contributed by atoms with E-state index in [1.165, 1.54) is 12.1 Å². The number of nitrogens with one attached hydrogen (secondary N) is 1. The number of benzene rings is 3. The molecule has 6 nitrogen and oxygen atoms in total. The summed E-state index contributed by atoms with van der Waals surface area (Å²) in [4.78, 5) is 20.6. The summed E-state index contributed by atoms with van der Waals surface area (Å²) in [5.74, 6) is 1.84. The third kappa shape index (κ3) is 4.67. The van der Waals surface area contributed by atoms with Gasteiger partial charge < -0.3 is 15.0 Å². The van der Waals surface area contributed by atoms with Crippen LogP contribution in [0, 0.1) is 12.7 Å². The van der Waals surface area contributed by atoms with E-state index in [2.05, 4.69) is 5.32 Å². The highest BCUT2D eigenvalue weighted by molar-refractivity contribution is 6.31. The van der Waals surface area contributed by atoms with Crippen LogP contribution in [-0.2, 0) is 23.4 Å². The molecule has 1 aliphatic rings. The number of carbonyl (C=O) groups excluding carboxylic acids is 1. The van der Waals surface area contributed by atoms with Crippen molar-refractivity contribution < 1.29 is 13.9 Å². The van der Waals surface area contributed by atoms with Gasteiger partial charge >= 0.3 is 0 Å². The number of carbonyl (C=O) groups is 1. The molecule has 1 amide bonds. The Kier molecular flexibility index (Phi) is 6.42. The van der Waals surface area contributed by atoms with Crippen molar-refractivity contribution in [3.63, 3.8) is 0 Å². The van der Waals surface area contributed by atoms with Gasteiger partial charge in [-0.1, -0.05) is 23.7 Å². The summed E-state index contributed by atoms with van der Waals surface area (Å²) in [6.07, 6.45) is 0. The van der Waals surface area contributed by atoms with Crippen LogP contribution in [-0.4, -0.2) is 27.5 Å². The highest BCUT2D eigenvalue weighted by atomic mass is 35.5. The van der Waals surface area contributed by atoms with Gasteiger partial charge in [-0.15, -0.1) is 0 Å². The standard InChI is InChI=1S/C29H28ClFN4O2/c1-18-15-22(11-14-24(18)30)32-27-26(20-7-9-21(31)10-8-20)33-25-17-34(28(36)29(2,3)35(25)27)16-19-5-12-23(37-4)13-6-19/h5-15,32H,16-17H2,1-4H3. The van der Waals surface area contributed by atoms with Crippen LogP contribution < -0.4 is 10.1 Å². The first-order valence-electron chi connectivity index (χ1n) is 12.0. The van der Waals surface area contributed by atoms with Gasteiger partial charge in [0.15, 0.2) is 0 Å². The fraction of sp³-hybridized carbons (Fsp3) is 0.241. The van der Waals surface area contributed by atoms with E-state index >= 15 is 0 Å². The molecule has 1 aliphatic heterocycles. The van der Waals surface area contributed by atoms with E-state index in [0.717, 1.165) is 34.0 Å². The monoisotopic (exact) mass is 518 g/mol. The van der Waals surface area contributed by atoms with Crippen LogP contribution in [0.1, 0.15) is 30.8 Å². The highest BCUT2D eigenvalue weighted by Gasteiger charge is 2.43.